The maximum absolute atomic E-state index is 13.2. The molecule has 0 aliphatic heterocycles. The lowest BCUT2D eigenvalue weighted by molar-refractivity contribution is -0.392. The Kier molecular flexibility index (Phi) is 6.91. The van der Waals surface area contributed by atoms with Crippen molar-refractivity contribution < 1.29 is 61.5 Å². The first-order chi connectivity index (χ1) is 10.8. The Morgan fingerprint density at radius 1 is 0.640 bits per heavy atom. The highest BCUT2D eigenvalue weighted by Gasteiger charge is 2.86. The summed E-state index contributed by atoms with van der Waals surface area (Å²) in [5.41, 5.74) is -5.98. The highest BCUT2D eigenvalue weighted by atomic mass is 28.2. The van der Waals surface area contributed by atoms with Crippen molar-refractivity contribution in [2.75, 3.05) is 6.61 Å². The first-order valence-corrected chi connectivity index (χ1v) is 7.02. The van der Waals surface area contributed by atoms with E-state index in [1.165, 1.54) is 0 Å². The predicted molar refractivity (Wildman–Crippen MR) is 57.4 cm³/mol. The van der Waals surface area contributed by atoms with Crippen molar-refractivity contribution >= 4 is 9.76 Å². The van der Waals surface area contributed by atoms with Crippen molar-refractivity contribution in [2.24, 2.45) is 0 Å². The van der Waals surface area contributed by atoms with Crippen LogP contribution in [0, 0.1) is 0 Å². The zero-order valence-electron chi connectivity index (χ0n) is 11.9. The van der Waals surface area contributed by atoms with Gasteiger partial charge in [0.25, 0.3) is 0 Å². The molecule has 150 valence electrons. The van der Waals surface area contributed by atoms with Crippen LogP contribution in [0.1, 0.15) is 19.8 Å². The van der Waals surface area contributed by atoms with Crippen LogP contribution in [0.2, 0.25) is 0 Å². The van der Waals surface area contributed by atoms with Crippen LogP contribution in [0.3, 0.4) is 0 Å². The van der Waals surface area contributed by atoms with Gasteiger partial charge in [-0.05, 0) is 6.92 Å². The normalized spacial score (nSPS) is 15.6. The summed E-state index contributed by atoms with van der Waals surface area (Å²) in [6, 6.07) is 0. The molecule has 0 aromatic rings. The molecule has 0 saturated heterocycles. The first kappa shape index (κ1) is 24.3. The molecule has 0 aromatic carbocycles. The van der Waals surface area contributed by atoms with Gasteiger partial charge in [-0.2, -0.15) is 48.3 Å². The molecule has 25 heavy (non-hydrogen) atoms. The third-order valence-corrected chi connectivity index (χ3v) is 3.71. The van der Waals surface area contributed by atoms with Crippen LogP contribution in [0.5, 0.6) is 0 Å². The van der Waals surface area contributed by atoms with Crippen molar-refractivity contribution in [3.05, 3.63) is 0 Å². The third-order valence-electron chi connectivity index (χ3n) is 2.71. The molecule has 0 rings (SSSR count). The van der Waals surface area contributed by atoms with Crippen molar-refractivity contribution in [3.8, 4) is 0 Å². The monoisotopic (exact) mass is 420 g/mol. The van der Waals surface area contributed by atoms with E-state index < -0.39 is 64.6 Å². The first-order valence-electron chi connectivity index (χ1n) is 6.11. The van der Waals surface area contributed by atoms with Crippen LogP contribution in [0.4, 0.5) is 57.1 Å². The van der Waals surface area contributed by atoms with E-state index in [-0.39, 0.29) is 0 Å². The number of hydrogen-bond donors (Lipinski definition) is 0. The average Bonchev–Trinajstić information content (AvgIpc) is 2.41. The number of rotatable bonds is 9. The van der Waals surface area contributed by atoms with Crippen LogP contribution < -0.4 is 0 Å². The standard InChI is InChI=1S/C10H9F13OSi/c1-2-24-25-10(22,23)9(20,21)8(18,19)7(16,17)5(11,12)3-4-6(13,14)15/h2-4H2,1H3. The van der Waals surface area contributed by atoms with E-state index >= 15 is 0 Å². The molecule has 0 N–H and O–H groups in total. The van der Waals surface area contributed by atoms with Gasteiger partial charge in [-0.15, -0.1) is 0 Å². The fourth-order valence-electron chi connectivity index (χ4n) is 1.31. The third kappa shape index (κ3) is 4.71. The average molecular weight is 420 g/mol. The molecule has 1 nitrogen and oxygen atoms in total. The number of hydrogen-bond acceptors (Lipinski definition) is 1. The summed E-state index contributed by atoms with van der Waals surface area (Å²) in [5, 5.41) is 0. The quantitative estimate of drug-likeness (QED) is 0.372. The molecule has 0 spiro atoms. The van der Waals surface area contributed by atoms with Gasteiger partial charge in [-0.3, -0.25) is 0 Å². The van der Waals surface area contributed by atoms with Crippen molar-refractivity contribution in [2.45, 2.75) is 55.2 Å². The Bertz CT molecular complexity index is 445. The van der Waals surface area contributed by atoms with Crippen LogP contribution in [-0.2, 0) is 4.43 Å². The number of halogens is 13. The smallest absolute Gasteiger partial charge is 0.389 e. The molecular formula is C10H9F13OSi. The van der Waals surface area contributed by atoms with Crippen LogP contribution in [-0.4, -0.2) is 51.8 Å². The molecule has 0 saturated carbocycles. The van der Waals surface area contributed by atoms with Gasteiger partial charge in [0, 0.05) is 19.4 Å². The minimum Gasteiger partial charge on any atom is -0.412 e. The van der Waals surface area contributed by atoms with Crippen molar-refractivity contribution in [1.82, 2.24) is 0 Å². The molecule has 2 radical (unpaired) electrons. The van der Waals surface area contributed by atoms with E-state index in [9.17, 15) is 57.1 Å². The van der Waals surface area contributed by atoms with Gasteiger partial charge in [-0.1, -0.05) is 0 Å². The summed E-state index contributed by atoms with van der Waals surface area (Å²) in [6.45, 7) is 0.243. The molecule has 0 aromatic heterocycles. The molecule has 0 aliphatic rings. The van der Waals surface area contributed by atoms with Crippen LogP contribution in [0.25, 0.3) is 0 Å². The summed E-state index contributed by atoms with van der Waals surface area (Å²) in [7, 11) is -2.78. The molecule has 0 heterocycles. The lowest BCUT2D eigenvalue weighted by Crippen LogP contribution is -2.68. The summed E-state index contributed by atoms with van der Waals surface area (Å²) >= 11 is 0. The fourth-order valence-corrected chi connectivity index (χ4v) is 1.92. The zero-order valence-corrected chi connectivity index (χ0v) is 12.9. The maximum Gasteiger partial charge on any atom is 0.389 e. The predicted octanol–water partition coefficient (Wildman–Crippen LogP) is 5.12. The summed E-state index contributed by atoms with van der Waals surface area (Å²) < 4.78 is 171. The molecule has 0 atom stereocenters. The molecule has 0 bridgehead atoms. The minimum atomic E-state index is -7.37. The second-order valence-electron chi connectivity index (χ2n) is 4.65. The molecular weight excluding hydrogens is 411 g/mol. The van der Waals surface area contributed by atoms with Crippen LogP contribution >= 0.6 is 0 Å². The van der Waals surface area contributed by atoms with E-state index in [0.717, 1.165) is 6.92 Å². The van der Waals surface area contributed by atoms with Gasteiger partial charge < -0.3 is 4.43 Å². The summed E-state index contributed by atoms with van der Waals surface area (Å²) in [5.74, 6) is -27.9. The fraction of sp³-hybridized carbons (Fsp3) is 1.00. The van der Waals surface area contributed by atoms with Gasteiger partial charge in [-0.25, -0.2) is 8.78 Å². The highest BCUT2D eigenvalue weighted by molar-refractivity contribution is 6.31. The Morgan fingerprint density at radius 2 is 1.08 bits per heavy atom. The van der Waals surface area contributed by atoms with Gasteiger partial charge in [0.2, 0.25) is 0 Å². The van der Waals surface area contributed by atoms with E-state index in [0.29, 0.717) is 0 Å². The lowest BCUT2D eigenvalue weighted by atomic mass is 9.95. The maximum atomic E-state index is 13.2. The van der Waals surface area contributed by atoms with E-state index in [1.807, 2.05) is 0 Å². The van der Waals surface area contributed by atoms with E-state index in [4.69, 9.17) is 0 Å². The molecule has 0 aliphatic carbocycles. The van der Waals surface area contributed by atoms with Crippen molar-refractivity contribution in [3.63, 3.8) is 0 Å². The van der Waals surface area contributed by atoms with Gasteiger partial charge >= 0.3 is 45.2 Å². The Balaban J connectivity index is 5.77. The Morgan fingerprint density at radius 3 is 1.44 bits per heavy atom. The topological polar surface area (TPSA) is 9.23 Å². The molecule has 15 heteroatoms. The van der Waals surface area contributed by atoms with Crippen molar-refractivity contribution in [1.29, 1.82) is 0 Å². The molecule has 0 amide bonds. The van der Waals surface area contributed by atoms with E-state index in [2.05, 4.69) is 4.43 Å². The largest absolute Gasteiger partial charge is 0.412 e. The van der Waals surface area contributed by atoms with Gasteiger partial charge in [0.1, 0.15) is 0 Å². The summed E-state index contributed by atoms with van der Waals surface area (Å²) in [6.07, 6.45) is -11.2. The van der Waals surface area contributed by atoms with E-state index in [1.54, 1.807) is 0 Å². The highest BCUT2D eigenvalue weighted by Crippen LogP contribution is 2.57. The lowest BCUT2D eigenvalue weighted by Gasteiger charge is -2.39. The van der Waals surface area contributed by atoms with Gasteiger partial charge in [0.05, 0.1) is 0 Å². The zero-order chi connectivity index (χ0) is 20.5. The van der Waals surface area contributed by atoms with Crippen LogP contribution in [0.15, 0.2) is 0 Å². The van der Waals surface area contributed by atoms with Gasteiger partial charge in [0.15, 0.2) is 0 Å². The molecule has 0 unspecified atom stereocenters. The Hall–Kier alpha value is -0.733. The minimum absolute atomic E-state index is 0.714. The summed E-state index contributed by atoms with van der Waals surface area (Å²) in [4.78, 5) is 0. The number of alkyl halides is 13. The Labute approximate surface area is 134 Å². The second kappa shape index (κ2) is 7.11. The second-order valence-corrected chi connectivity index (χ2v) is 5.77. The SMILES string of the molecule is CCO[Si]C(F)(F)C(F)(F)C(F)(F)C(F)(F)C(F)(F)CCC(F)(F)F. The molecule has 0 fully saturated rings.